The Morgan fingerprint density at radius 1 is 1.27 bits per heavy atom. The van der Waals surface area contributed by atoms with Crippen molar-refractivity contribution >= 4 is 17.5 Å². The number of anilines is 1. The maximum atomic E-state index is 11.8. The van der Waals surface area contributed by atoms with Crippen LogP contribution >= 0.6 is 0 Å². The van der Waals surface area contributed by atoms with Crippen molar-refractivity contribution in [1.29, 1.82) is 0 Å². The number of nitrogens with zero attached hydrogens (tertiary/aromatic N) is 1. The minimum atomic E-state index is -0.0994. The molecule has 0 spiro atoms. The Labute approximate surface area is 131 Å². The Morgan fingerprint density at radius 2 is 2.05 bits per heavy atom. The van der Waals surface area contributed by atoms with Gasteiger partial charge in [0.1, 0.15) is 0 Å². The number of rotatable bonds is 9. The topological polar surface area (TPSA) is 70.7 Å². The van der Waals surface area contributed by atoms with Gasteiger partial charge in [0.15, 0.2) is 0 Å². The van der Waals surface area contributed by atoms with Crippen molar-refractivity contribution in [3.05, 3.63) is 29.8 Å². The van der Waals surface area contributed by atoms with E-state index in [9.17, 15) is 9.59 Å². The van der Waals surface area contributed by atoms with Crippen LogP contribution in [0.15, 0.2) is 24.3 Å². The number of carbonyl (C=O) groups excluding carboxylic acids is 2. The third-order valence-corrected chi connectivity index (χ3v) is 3.11. The molecule has 0 saturated carbocycles. The molecule has 22 heavy (non-hydrogen) atoms. The van der Waals surface area contributed by atoms with Gasteiger partial charge in [0.25, 0.3) is 0 Å². The van der Waals surface area contributed by atoms with Crippen LogP contribution in [0.1, 0.15) is 12.0 Å². The normalized spacial score (nSPS) is 10.3. The molecule has 0 bridgehead atoms. The molecular weight excluding hydrogens is 282 g/mol. The zero-order valence-electron chi connectivity index (χ0n) is 13.5. The molecule has 6 nitrogen and oxygen atoms in total. The average molecular weight is 307 g/mol. The van der Waals surface area contributed by atoms with E-state index in [1.807, 2.05) is 24.3 Å². The molecule has 1 rings (SSSR count). The number of hydrogen-bond acceptors (Lipinski definition) is 4. The number of nitrogens with one attached hydrogen (secondary N) is 2. The monoisotopic (exact) mass is 307 g/mol. The minimum absolute atomic E-state index is 0.0942. The van der Waals surface area contributed by atoms with Gasteiger partial charge in [-0.2, -0.15) is 0 Å². The highest BCUT2D eigenvalue weighted by Crippen LogP contribution is 2.12. The first kappa shape index (κ1) is 18.1. The predicted octanol–water partition coefficient (Wildman–Crippen LogP) is 0.882. The van der Waals surface area contributed by atoms with Crippen molar-refractivity contribution in [2.75, 3.05) is 46.2 Å². The van der Waals surface area contributed by atoms with Crippen LogP contribution in [0.2, 0.25) is 0 Å². The standard InChI is InChI=1S/C16H25N3O3/c1-19(2)16(21)8-7-13-5-4-6-14(11-13)18-15(20)12-17-9-10-22-3/h4-6,11,17H,7-10,12H2,1-3H3,(H,18,20). The number of hydrogen-bond donors (Lipinski definition) is 2. The number of methoxy groups -OCH3 is 1. The molecule has 1 aromatic rings. The third-order valence-electron chi connectivity index (χ3n) is 3.11. The van der Waals surface area contributed by atoms with Gasteiger partial charge in [-0.25, -0.2) is 0 Å². The van der Waals surface area contributed by atoms with E-state index in [1.54, 1.807) is 26.1 Å². The second-order valence-corrected chi connectivity index (χ2v) is 5.21. The fourth-order valence-electron chi connectivity index (χ4n) is 1.86. The van der Waals surface area contributed by atoms with E-state index in [1.165, 1.54) is 0 Å². The Balaban J connectivity index is 2.43. The minimum Gasteiger partial charge on any atom is -0.383 e. The molecule has 0 atom stereocenters. The smallest absolute Gasteiger partial charge is 0.238 e. The van der Waals surface area contributed by atoms with Crippen LogP contribution in [0, 0.1) is 0 Å². The summed E-state index contributed by atoms with van der Waals surface area (Å²) >= 11 is 0. The molecule has 122 valence electrons. The fraction of sp³-hybridized carbons (Fsp3) is 0.500. The summed E-state index contributed by atoms with van der Waals surface area (Å²) in [6.45, 7) is 1.45. The molecule has 6 heteroatoms. The number of benzene rings is 1. The zero-order chi connectivity index (χ0) is 16.4. The molecule has 0 heterocycles. The van der Waals surface area contributed by atoms with Crippen LogP contribution in [-0.4, -0.2) is 57.6 Å². The quantitative estimate of drug-likeness (QED) is 0.665. The molecule has 1 aromatic carbocycles. The van der Waals surface area contributed by atoms with E-state index in [-0.39, 0.29) is 18.4 Å². The predicted molar refractivity (Wildman–Crippen MR) is 86.8 cm³/mol. The lowest BCUT2D eigenvalue weighted by atomic mass is 10.1. The van der Waals surface area contributed by atoms with Crippen molar-refractivity contribution in [2.24, 2.45) is 0 Å². The number of aryl methyl sites for hydroxylation is 1. The van der Waals surface area contributed by atoms with Crippen molar-refractivity contribution in [2.45, 2.75) is 12.8 Å². The highest BCUT2D eigenvalue weighted by atomic mass is 16.5. The lowest BCUT2D eigenvalue weighted by Gasteiger charge is -2.11. The molecule has 0 aliphatic carbocycles. The van der Waals surface area contributed by atoms with Crippen LogP contribution < -0.4 is 10.6 Å². The Kier molecular flexibility index (Phi) is 8.17. The Morgan fingerprint density at radius 3 is 2.73 bits per heavy atom. The van der Waals surface area contributed by atoms with Crippen LogP contribution in [0.25, 0.3) is 0 Å². The van der Waals surface area contributed by atoms with E-state index in [4.69, 9.17) is 4.74 Å². The Bertz CT molecular complexity index is 489. The van der Waals surface area contributed by atoms with Gasteiger partial charge in [-0.1, -0.05) is 12.1 Å². The maximum absolute atomic E-state index is 11.8. The summed E-state index contributed by atoms with van der Waals surface area (Å²) in [5.41, 5.74) is 1.77. The summed E-state index contributed by atoms with van der Waals surface area (Å²) in [5.74, 6) is -0.00518. The lowest BCUT2D eigenvalue weighted by Crippen LogP contribution is -2.30. The van der Waals surface area contributed by atoms with Crippen molar-refractivity contribution in [1.82, 2.24) is 10.2 Å². The number of ether oxygens (including phenoxy) is 1. The maximum Gasteiger partial charge on any atom is 0.238 e. The van der Waals surface area contributed by atoms with E-state index < -0.39 is 0 Å². The van der Waals surface area contributed by atoms with Crippen LogP contribution in [0.3, 0.4) is 0 Å². The molecule has 0 aliphatic heterocycles. The first-order chi connectivity index (χ1) is 10.5. The summed E-state index contributed by atoms with van der Waals surface area (Å²) < 4.78 is 4.90. The molecule has 2 amide bonds. The third kappa shape index (κ3) is 7.19. The largest absolute Gasteiger partial charge is 0.383 e. The first-order valence-electron chi connectivity index (χ1n) is 7.31. The number of carbonyl (C=O) groups is 2. The first-order valence-corrected chi connectivity index (χ1v) is 7.31. The molecule has 0 radical (unpaired) electrons. The SMILES string of the molecule is COCCNCC(=O)Nc1cccc(CCC(=O)N(C)C)c1. The average Bonchev–Trinajstić information content (AvgIpc) is 2.49. The fourth-order valence-corrected chi connectivity index (χ4v) is 1.86. The zero-order valence-corrected chi connectivity index (χ0v) is 13.5. The van der Waals surface area contributed by atoms with Gasteiger partial charge in [0.05, 0.1) is 13.2 Å². The Hall–Kier alpha value is -1.92. The highest BCUT2D eigenvalue weighted by molar-refractivity contribution is 5.92. The molecule has 0 fully saturated rings. The highest BCUT2D eigenvalue weighted by Gasteiger charge is 2.06. The molecule has 0 aliphatic rings. The van der Waals surface area contributed by atoms with Gasteiger partial charge in [0, 0.05) is 39.9 Å². The van der Waals surface area contributed by atoms with Crippen LogP contribution in [0.5, 0.6) is 0 Å². The van der Waals surface area contributed by atoms with Crippen LogP contribution in [0.4, 0.5) is 5.69 Å². The van der Waals surface area contributed by atoms with Crippen LogP contribution in [-0.2, 0) is 20.7 Å². The molecule has 2 N–H and O–H groups in total. The summed E-state index contributed by atoms with van der Waals surface area (Å²) in [7, 11) is 5.11. The van der Waals surface area contributed by atoms with Gasteiger partial charge in [-0.3, -0.25) is 9.59 Å². The van der Waals surface area contributed by atoms with Crippen molar-refractivity contribution < 1.29 is 14.3 Å². The lowest BCUT2D eigenvalue weighted by molar-refractivity contribution is -0.128. The second-order valence-electron chi connectivity index (χ2n) is 5.21. The van der Waals surface area contributed by atoms with Crippen molar-refractivity contribution in [3.8, 4) is 0 Å². The molecule has 0 unspecified atom stereocenters. The van der Waals surface area contributed by atoms with Gasteiger partial charge >= 0.3 is 0 Å². The summed E-state index contributed by atoms with van der Waals surface area (Å²) in [5, 5.41) is 5.82. The number of amides is 2. The van der Waals surface area contributed by atoms with Gasteiger partial charge in [0.2, 0.25) is 11.8 Å². The van der Waals surface area contributed by atoms with Gasteiger partial charge in [-0.15, -0.1) is 0 Å². The summed E-state index contributed by atoms with van der Waals surface area (Å²) in [6, 6.07) is 7.57. The summed E-state index contributed by atoms with van der Waals surface area (Å²) in [6.07, 6.45) is 1.12. The van der Waals surface area contributed by atoms with Gasteiger partial charge in [-0.05, 0) is 24.1 Å². The second kappa shape index (κ2) is 9.92. The van der Waals surface area contributed by atoms with E-state index in [2.05, 4.69) is 10.6 Å². The van der Waals surface area contributed by atoms with E-state index >= 15 is 0 Å². The summed E-state index contributed by atoms with van der Waals surface area (Å²) in [4.78, 5) is 24.9. The van der Waals surface area contributed by atoms with E-state index in [0.29, 0.717) is 26.0 Å². The molecular formula is C16H25N3O3. The molecule has 0 aromatic heterocycles. The van der Waals surface area contributed by atoms with E-state index in [0.717, 1.165) is 11.3 Å². The van der Waals surface area contributed by atoms with Crippen molar-refractivity contribution in [3.63, 3.8) is 0 Å². The molecule has 0 saturated heterocycles. The van der Waals surface area contributed by atoms with Gasteiger partial charge < -0.3 is 20.3 Å².